The Labute approximate surface area is 117 Å². The second-order valence-corrected chi connectivity index (χ2v) is 4.51. The summed E-state index contributed by atoms with van der Waals surface area (Å²) in [6.45, 7) is 0.719. The molecule has 1 heterocycles. The van der Waals surface area contributed by atoms with Gasteiger partial charge in [-0.3, -0.25) is 4.79 Å². The third kappa shape index (κ3) is 4.08. The molecule has 0 spiro atoms. The lowest BCUT2D eigenvalue weighted by Crippen LogP contribution is -2.23. The number of nitrogens with zero attached hydrogens (tertiary/aromatic N) is 2. The van der Waals surface area contributed by atoms with Crippen LogP contribution in [0.15, 0.2) is 35.4 Å². The Morgan fingerprint density at radius 1 is 1.30 bits per heavy atom. The molecule has 1 aliphatic rings. The average molecular weight is 275 g/mol. The molecular formula is C14H17N3O3. The van der Waals surface area contributed by atoms with Crippen molar-refractivity contribution in [2.75, 3.05) is 13.2 Å². The van der Waals surface area contributed by atoms with Crippen molar-refractivity contribution in [2.24, 2.45) is 10.8 Å². The van der Waals surface area contributed by atoms with E-state index in [1.165, 1.54) is 10.6 Å². The van der Waals surface area contributed by atoms with E-state index in [1.54, 1.807) is 0 Å². The number of carbonyl (C=O) groups is 2. The summed E-state index contributed by atoms with van der Waals surface area (Å²) >= 11 is 0. The summed E-state index contributed by atoms with van der Waals surface area (Å²) < 4.78 is 4.63. The molecule has 2 N–H and O–H groups in total. The van der Waals surface area contributed by atoms with E-state index in [4.69, 9.17) is 5.73 Å². The number of rotatable bonds is 6. The molecule has 2 rings (SSSR count). The molecule has 2 amide bonds. The first kappa shape index (κ1) is 14.0. The maximum Gasteiger partial charge on any atom is 0.404 e. The molecule has 20 heavy (non-hydrogen) atoms. The summed E-state index contributed by atoms with van der Waals surface area (Å²) in [5.74, 6) is -0.0185. The van der Waals surface area contributed by atoms with Gasteiger partial charge < -0.3 is 10.5 Å². The molecule has 6 nitrogen and oxygen atoms in total. The van der Waals surface area contributed by atoms with Gasteiger partial charge in [0.05, 0.1) is 18.7 Å². The van der Waals surface area contributed by atoms with E-state index >= 15 is 0 Å². The molecule has 106 valence electrons. The van der Waals surface area contributed by atoms with Crippen molar-refractivity contribution in [3.8, 4) is 0 Å². The van der Waals surface area contributed by atoms with Crippen LogP contribution < -0.4 is 5.73 Å². The van der Waals surface area contributed by atoms with Gasteiger partial charge in [-0.25, -0.2) is 9.80 Å². The lowest BCUT2D eigenvalue weighted by atomic mass is 10.1. The Morgan fingerprint density at radius 3 is 2.75 bits per heavy atom. The minimum absolute atomic E-state index is 0.0185. The number of primary amides is 1. The van der Waals surface area contributed by atoms with Gasteiger partial charge in [-0.1, -0.05) is 30.3 Å². The predicted molar refractivity (Wildman–Crippen MR) is 74.1 cm³/mol. The van der Waals surface area contributed by atoms with Crippen LogP contribution in [0, 0.1) is 0 Å². The smallest absolute Gasteiger partial charge is 0.404 e. The van der Waals surface area contributed by atoms with Gasteiger partial charge in [0.2, 0.25) is 5.91 Å². The van der Waals surface area contributed by atoms with E-state index in [-0.39, 0.29) is 18.9 Å². The zero-order valence-corrected chi connectivity index (χ0v) is 11.1. The molecule has 1 aliphatic heterocycles. The molecule has 0 bridgehead atoms. The highest BCUT2D eigenvalue weighted by molar-refractivity contribution is 6.04. The first-order valence-corrected chi connectivity index (χ1v) is 6.48. The normalized spacial score (nSPS) is 14.3. The van der Waals surface area contributed by atoms with Crippen molar-refractivity contribution in [1.82, 2.24) is 5.01 Å². The maximum atomic E-state index is 11.8. The number of amides is 2. The predicted octanol–water partition coefficient (Wildman–Crippen LogP) is 1.30. The minimum Gasteiger partial charge on any atom is -0.449 e. The average Bonchev–Trinajstić information content (AvgIpc) is 2.78. The van der Waals surface area contributed by atoms with Crippen LogP contribution in [0.3, 0.4) is 0 Å². The third-order valence-corrected chi connectivity index (χ3v) is 3.00. The van der Waals surface area contributed by atoms with Crippen molar-refractivity contribution in [3.05, 3.63) is 35.9 Å². The number of carbonyl (C=O) groups excluding carboxylic acids is 2. The molecule has 0 atom stereocenters. The van der Waals surface area contributed by atoms with Crippen LogP contribution in [0.5, 0.6) is 0 Å². The van der Waals surface area contributed by atoms with Crippen molar-refractivity contribution in [3.63, 3.8) is 0 Å². The van der Waals surface area contributed by atoms with Gasteiger partial charge in [0, 0.05) is 13.0 Å². The van der Waals surface area contributed by atoms with Crippen LogP contribution >= 0.6 is 0 Å². The highest BCUT2D eigenvalue weighted by atomic mass is 16.5. The summed E-state index contributed by atoms with van der Waals surface area (Å²) in [5, 5.41) is 5.73. The number of ether oxygens (including phenoxy) is 1. The zero-order valence-electron chi connectivity index (χ0n) is 11.1. The van der Waals surface area contributed by atoms with Crippen LogP contribution in [0.2, 0.25) is 0 Å². The summed E-state index contributed by atoms with van der Waals surface area (Å²) in [4.78, 5) is 22.2. The molecule has 1 aromatic carbocycles. The standard InChI is InChI=1S/C14H17N3O3/c15-14(19)20-9-7-12-10-13(18)17(16-12)8-6-11-4-2-1-3-5-11/h1-5H,6-10H2,(H2,15,19). The summed E-state index contributed by atoms with van der Waals surface area (Å²) in [5.41, 5.74) is 6.76. The number of nitrogens with two attached hydrogens (primary N) is 1. The fraction of sp³-hybridized carbons (Fsp3) is 0.357. The van der Waals surface area contributed by atoms with Crippen LogP contribution in [0.25, 0.3) is 0 Å². The molecule has 1 aromatic rings. The van der Waals surface area contributed by atoms with Crippen LogP contribution in [0.1, 0.15) is 18.4 Å². The summed E-state index contributed by atoms with van der Waals surface area (Å²) in [6, 6.07) is 9.94. The Hall–Kier alpha value is -2.37. The molecule has 0 saturated carbocycles. The van der Waals surface area contributed by atoms with E-state index in [0.29, 0.717) is 13.0 Å². The minimum atomic E-state index is -0.809. The quantitative estimate of drug-likeness (QED) is 0.849. The number of hydrazone groups is 1. The zero-order chi connectivity index (χ0) is 14.4. The fourth-order valence-electron chi connectivity index (χ4n) is 1.99. The maximum absolute atomic E-state index is 11.8. The van der Waals surface area contributed by atoms with E-state index < -0.39 is 6.09 Å². The topological polar surface area (TPSA) is 85.0 Å². The van der Waals surface area contributed by atoms with E-state index in [0.717, 1.165) is 12.1 Å². The molecule has 0 saturated heterocycles. The van der Waals surface area contributed by atoms with Crippen LogP contribution in [-0.2, 0) is 16.0 Å². The summed E-state index contributed by atoms with van der Waals surface area (Å²) in [6.07, 6.45) is 0.685. The molecule has 0 aliphatic carbocycles. The lowest BCUT2D eigenvalue weighted by molar-refractivity contribution is -0.128. The lowest BCUT2D eigenvalue weighted by Gasteiger charge is -2.11. The highest BCUT2D eigenvalue weighted by Crippen LogP contribution is 2.12. The Kier molecular flexibility index (Phi) is 4.70. The second-order valence-electron chi connectivity index (χ2n) is 4.51. The van der Waals surface area contributed by atoms with Gasteiger partial charge in [0.1, 0.15) is 0 Å². The number of hydrogen-bond donors (Lipinski definition) is 1. The Bertz CT molecular complexity index is 514. The van der Waals surface area contributed by atoms with Gasteiger partial charge in [0.15, 0.2) is 0 Å². The molecule has 0 radical (unpaired) electrons. The van der Waals surface area contributed by atoms with Gasteiger partial charge >= 0.3 is 6.09 Å². The van der Waals surface area contributed by atoms with Crippen molar-refractivity contribution in [1.29, 1.82) is 0 Å². The Morgan fingerprint density at radius 2 is 2.05 bits per heavy atom. The van der Waals surface area contributed by atoms with Gasteiger partial charge in [-0.15, -0.1) is 0 Å². The molecule has 0 aromatic heterocycles. The van der Waals surface area contributed by atoms with E-state index in [9.17, 15) is 9.59 Å². The largest absolute Gasteiger partial charge is 0.449 e. The van der Waals surface area contributed by atoms with Gasteiger partial charge in [0.25, 0.3) is 0 Å². The van der Waals surface area contributed by atoms with Gasteiger partial charge in [-0.05, 0) is 12.0 Å². The summed E-state index contributed by atoms with van der Waals surface area (Å²) in [7, 11) is 0. The van der Waals surface area contributed by atoms with Crippen molar-refractivity contribution >= 4 is 17.7 Å². The first-order valence-electron chi connectivity index (χ1n) is 6.48. The first-order chi connectivity index (χ1) is 9.65. The molecule has 0 unspecified atom stereocenters. The van der Waals surface area contributed by atoms with Gasteiger partial charge in [-0.2, -0.15) is 5.10 Å². The number of benzene rings is 1. The van der Waals surface area contributed by atoms with E-state index in [1.807, 2.05) is 30.3 Å². The molecule has 6 heteroatoms. The Balaban J connectivity index is 1.81. The van der Waals surface area contributed by atoms with Crippen molar-refractivity contribution in [2.45, 2.75) is 19.3 Å². The monoisotopic (exact) mass is 275 g/mol. The number of hydrogen-bond acceptors (Lipinski definition) is 4. The van der Waals surface area contributed by atoms with Crippen molar-refractivity contribution < 1.29 is 14.3 Å². The van der Waals surface area contributed by atoms with E-state index in [2.05, 4.69) is 9.84 Å². The SMILES string of the molecule is NC(=O)OCCC1=NN(CCc2ccccc2)C(=O)C1. The molecule has 0 fully saturated rings. The highest BCUT2D eigenvalue weighted by Gasteiger charge is 2.23. The second kappa shape index (κ2) is 6.70. The van der Waals surface area contributed by atoms with Crippen LogP contribution in [0.4, 0.5) is 4.79 Å². The van der Waals surface area contributed by atoms with Crippen LogP contribution in [-0.4, -0.2) is 35.9 Å². The fourth-order valence-corrected chi connectivity index (χ4v) is 1.99. The molecular weight excluding hydrogens is 258 g/mol. The third-order valence-electron chi connectivity index (χ3n) is 3.00.